The van der Waals surface area contributed by atoms with Gasteiger partial charge in [-0.3, -0.25) is 0 Å². The lowest BCUT2D eigenvalue weighted by atomic mass is 10.3. The number of hydrogen-bond acceptors (Lipinski definition) is 0. The molecule has 0 spiro atoms. The quantitative estimate of drug-likeness (QED) is 0.329. The Morgan fingerprint density at radius 2 is 0.923 bits per heavy atom. The zero-order valence-corrected chi connectivity index (χ0v) is 9.93. The summed E-state index contributed by atoms with van der Waals surface area (Å²) in [5.74, 6) is 0. The summed E-state index contributed by atoms with van der Waals surface area (Å²) in [7, 11) is -6.60. The fourth-order valence-electron chi connectivity index (χ4n) is 0. The average molecular weight is 220 g/mol. The Morgan fingerprint density at radius 3 is 0.923 bits per heavy atom. The van der Waals surface area contributed by atoms with Crippen molar-refractivity contribution in [2.75, 3.05) is 20.0 Å². The number of rotatable bonds is 0. The highest BCUT2D eigenvalue weighted by molar-refractivity contribution is 7.75. The van der Waals surface area contributed by atoms with E-state index in [9.17, 15) is 17.3 Å². The van der Waals surface area contributed by atoms with Gasteiger partial charge in [-0.25, -0.2) is 0 Å². The third-order valence-electron chi connectivity index (χ3n) is 2.01. The molecule has 0 rings (SSSR count). The molecule has 6 heteroatoms. The third-order valence-corrected chi connectivity index (χ3v) is 6.04. The third kappa shape index (κ3) is 15.0. The lowest BCUT2D eigenvalue weighted by Gasteiger charge is -2.27. The summed E-state index contributed by atoms with van der Waals surface area (Å²) in [5.41, 5.74) is 0. The Bertz CT molecular complexity index is 124. The summed E-state index contributed by atoms with van der Waals surface area (Å²) in [6, 6.07) is 0. The molecular weight excluding hydrogens is 202 g/mol. The largest absolute Gasteiger partial charge is 0.673 e. The SMILES string of the molecule is CC(C)(C)[P+](C)(C)C.F[B-](F)(F)F. The predicted octanol–water partition coefficient (Wildman–Crippen LogP) is 3.99. The van der Waals surface area contributed by atoms with Crippen molar-refractivity contribution in [2.45, 2.75) is 25.9 Å². The average Bonchev–Trinajstić information content (AvgIpc) is 1.50. The molecule has 0 bridgehead atoms. The first-order valence-corrected chi connectivity index (χ1v) is 7.07. The van der Waals surface area contributed by atoms with Gasteiger partial charge < -0.3 is 17.3 Å². The van der Waals surface area contributed by atoms with Gasteiger partial charge in [-0.05, 0) is 20.8 Å². The maximum absolute atomic E-state index is 9.75. The molecule has 0 unspecified atom stereocenters. The molecule has 0 aliphatic rings. The van der Waals surface area contributed by atoms with Crippen LogP contribution in [0.3, 0.4) is 0 Å². The molecule has 0 aromatic carbocycles. The Balaban J connectivity index is 0. The Morgan fingerprint density at radius 1 is 0.846 bits per heavy atom. The minimum atomic E-state index is -6.00. The van der Waals surface area contributed by atoms with Crippen LogP contribution in [0.4, 0.5) is 17.3 Å². The summed E-state index contributed by atoms with van der Waals surface area (Å²) in [6.07, 6.45) is 0. The van der Waals surface area contributed by atoms with Gasteiger partial charge in [0.1, 0.15) is 0 Å². The number of hydrogen-bond donors (Lipinski definition) is 0. The standard InChI is InChI=1S/C7H18P.BF4/c1-7(2,3)8(4,5)6;2-1(3,4)5/h1-6H3;/q+1;-1. The minimum absolute atomic E-state index is 0.549. The highest BCUT2D eigenvalue weighted by Gasteiger charge is 2.34. The lowest BCUT2D eigenvalue weighted by molar-refractivity contribution is 0.368. The van der Waals surface area contributed by atoms with Crippen molar-refractivity contribution >= 4 is 14.5 Å². The normalized spacial score (nSPS) is 13.4. The van der Waals surface area contributed by atoms with E-state index in [-0.39, 0.29) is 0 Å². The van der Waals surface area contributed by atoms with Crippen LogP contribution in [-0.4, -0.2) is 32.4 Å². The van der Waals surface area contributed by atoms with Crippen LogP contribution in [0.25, 0.3) is 0 Å². The first kappa shape index (κ1) is 15.7. The molecule has 82 valence electrons. The van der Waals surface area contributed by atoms with E-state index >= 15 is 0 Å². The molecule has 13 heavy (non-hydrogen) atoms. The fourth-order valence-corrected chi connectivity index (χ4v) is 0. The maximum atomic E-state index is 9.75. The smallest absolute Gasteiger partial charge is 0.418 e. The van der Waals surface area contributed by atoms with Crippen LogP contribution in [-0.2, 0) is 0 Å². The summed E-state index contributed by atoms with van der Waals surface area (Å²) < 4.78 is 39.0. The Hall–Kier alpha value is 0.215. The Kier molecular flexibility index (Phi) is 5.58. The van der Waals surface area contributed by atoms with Crippen LogP contribution in [0.1, 0.15) is 20.8 Å². The van der Waals surface area contributed by atoms with Crippen molar-refractivity contribution in [2.24, 2.45) is 0 Å². The van der Waals surface area contributed by atoms with Crippen LogP contribution in [0.5, 0.6) is 0 Å². The first-order valence-electron chi connectivity index (χ1n) is 3.94. The van der Waals surface area contributed by atoms with Gasteiger partial charge in [-0.1, -0.05) is 0 Å². The second kappa shape index (κ2) is 4.63. The molecular formula is C7H18BF4P. The fraction of sp³-hybridized carbons (Fsp3) is 1.00. The first-order chi connectivity index (χ1) is 5.25. The van der Waals surface area contributed by atoms with Gasteiger partial charge in [0.05, 0.1) is 5.16 Å². The molecule has 0 aliphatic carbocycles. The minimum Gasteiger partial charge on any atom is -0.418 e. The van der Waals surface area contributed by atoms with Gasteiger partial charge in [0.15, 0.2) is 0 Å². The molecule has 0 heterocycles. The van der Waals surface area contributed by atoms with Crippen LogP contribution < -0.4 is 0 Å². The molecule has 0 amide bonds. The van der Waals surface area contributed by atoms with E-state index in [1.165, 1.54) is 0 Å². The topological polar surface area (TPSA) is 0 Å². The molecule has 0 aliphatic heterocycles. The Labute approximate surface area is 78.5 Å². The van der Waals surface area contributed by atoms with E-state index in [0.717, 1.165) is 0 Å². The summed E-state index contributed by atoms with van der Waals surface area (Å²) in [4.78, 5) is 0. The highest BCUT2D eigenvalue weighted by atomic mass is 31.2. The van der Waals surface area contributed by atoms with Gasteiger partial charge in [-0.2, -0.15) is 0 Å². The van der Waals surface area contributed by atoms with Crippen molar-refractivity contribution in [3.05, 3.63) is 0 Å². The lowest BCUT2D eigenvalue weighted by Crippen LogP contribution is -2.17. The zero-order chi connectivity index (χ0) is 11.5. The molecule has 0 saturated heterocycles. The van der Waals surface area contributed by atoms with Crippen molar-refractivity contribution in [1.29, 1.82) is 0 Å². The van der Waals surface area contributed by atoms with Crippen LogP contribution in [0.15, 0.2) is 0 Å². The van der Waals surface area contributed by atoms with Gasteiger partial charge >= 0.3 is 7.25 Å². The monoisotopic (exact) mass is 220 g/mol. The summed E-state index contributed by atoms with van der Waals surface area (Å²) in [6.45, 7) is 14.1. The zero-order valence-electron chi connectivity index (χ0n) is 9.04. The molecule has 0 N–H and O–H groups in total. The van der Waals surface area contributed by atoms with Gasteiger partial charge in [0.2, 0.25) is 0 Å². The maximum Gasteiger partial charge on any atom is 0.673 e. The second-order valence-corrected chi connectivity index (χ2v) is 10.0. The van der Waals surface area contributed by atoms with E-state index < -0.39 is 14.5 Å². The summed E-state index contributed by atoms with van der Waals surface area (Å²) in [5, 5.41) is 0.549. The van der Waals surface area contributed by atoms with E-state index in [2.05, 4.69) is 40.8 Å². The predicted molar refractivity (Wildman–Crippen MR) is 54.6 cm³/mol. The molecule has 0 aromatic heterocycles. The van der Waals surface area contributed by atoms with E-state index in [0.29, 0.717) is 5.16 Å². The van der Waals surface area contributed by atoms with E-state index in [1.807, 2.05) is 0 Å². The van der Waals surface area contributed by atoms with Crippen LogP contribution in [0.2, 0.25) is 0 Å². The van der Waals surface area contributed by atoms with Gasteiger partial charge in [0.25, 0.3) is 0 Å². The molecule has 0 nitrogen and oxygen atoms in total. The van der Waals surface area contributed by atoms with Gasteiger partial charge in [0, 0.05) is 27.3 Å². The van der Waals surface area contributed by atoms with Crippen molar-refractivity contribution in [3.8, 4) is 0 Å². The molecule has 0 aromatic rings. The molecule has 0 atom stereocenters. The molecule has 0 fully saturated rings. The molecule has 0 saturated carbocycles. The van der Waals surface area contributed by atoms with Gasteiger partial charge in [-0.15, -0.1) is 0 Å². The van der Waals surface area contributed by atoms with Crippen LogP contribution >= 0.6 is 7.26 Å². The van der Waals surface area contributed by atoms with Crippen molar-refractivity contribution in [3.63, 3.8) is 0 Å². The van der Waals surface area contributed by atoms with Crippen LogP contribution in [0, 0.1) is 0 Å². The van der Waals surface area contributed by atoms with E-state index in [1.54, 1.807) is 0 Å². The summed E-state index contributed by atoms with van der Waals surface area (Å²) >= 11 is 0. The second-order valence-electron chi connectivity index (χ2n) is 4.68. The number of halogens is 4. The van der Waals surface area contributed by atoms with Crippen molar-refractivity contribution in [1.82, 2.24) is 0 Å². The van der Waals surface area contributed by atoms with E-state index in [4.69, 9.17) is 0 Å². The molecule has 0 radical (unpaired) electrons. The van der Waals surface area contributed by atoms with Crippen molar-refractivity contribution < 1.29 is 17.3 Å². The highest BCUT2D eigenvalue weighted by Crippen LogP contribution is 2.58.